The van der Waals surface area contributed by atoms with Crippen LogP contribution >= 0.6 is 0 Å². The minimum absolute atomic E-state index is 0.158. The van der Waals surface area contributed by atoms with Gasteiger partial charge in [-0.1, -0.05) is 47.1 Å². The highest BCUT2D eigenvalue weighted by Gasteiger charge is 2.12. The minimum Gasteiger partial charge on any atom is -0.359 e. The quantitative estimate of drug-likeness (QED) is 0.945. The fourth-order valence-electron chi connectivity index (χ4n) is 2.14. The molecule has 5 nitrogen and oxygen atoms in total. The maximum Gasteiger partial charge on any atom is 0.322 e. The third-order valence-electron chi connectivity index (χ3n) is 3.40. The molecule has 112 valence electrons. The molecular weight excluding hydrogens is 278 g/mol. The highest BCUT2D eigenvalue weighted by atomic mass is 16.5. The number of hydrogen-bond acceptors (Lipinski definition) is 3. The normalized spacial score (nSPS) is 13.4. The van der Waals surface area contributed by atoms with Crippen molar-refractivity contribution in [3.63, 3.8) is 0 Å². The zero-order valence-electron chi connectivity index (χ0n) is 12.3. The molecule has 0 unspecified atom stereocenters. The summed E-state index contributed by atoms with van der Waals surface area (Å²) in [6, 6.07) is 9.75. The molecule has 0 aliphatic carbocycles. The largest absolute Gasteiger partial charge is 0.359 e. The lowest BCUT2D eigenvalue weighted by Crippen LogP contribution is -2.36. The molecule has 1 aliphatic heterocycles. The second-order valence-electron chi connectivity index (χ2n) is 5.13. The van der Waals surface area contributed by atoms with Crippen LogP contribution in [0.15, 0.2) is 59.3 Å². The van der Waals surface area contributed by atoms with Crippen LogP contribution in [0.5, 0.6) is 0 Å². The van der Waals surface area contributed by atoms with E-state index in [9.17, 15) is 4.79 Å². The van der Waals surface area contributed by atoms with Gasteiger partial charge in [-0.15, -0.1) is 0 Å². The molecule has 2 heterocycles. The number of carbonyl (C=O) groups is 1. The van der Waals surface area contributed by atoms with E-state index in [0.29, 0.717) is 18.8 Å². The molecule has 0 bridgehead atoms. The van der Waals surface area contributed by atoms with E-state index in [-0.39, 0.29) is 6.03 Å². The summed E-state index contributed by atoms with van der Waals surface area (Å²) in [6.45, 7) is 2.93. The second-order valence-corrected chi connectivity index (χ2v) is 5.13. The highest BCUT2D eigenvalue weighted by molar-refractivity contribution is 5.75. The van der Waals surface area contributed by atoms with Crippen molar-refractivity contribution >= 4 is 6.03 Å². The van der Waals surface area contributed by atoms with Crippen molar-refractivity contribution in [2.75, 3.05) is 6.54 Å². The third-order valence-corrected chi connectivity index (χ3v) is 3.40. The maximum atomic E-state index is 12.0. The second kappa shape index (κ2) is 6.30. The summed E-state index contributed by atoms with van der Waals surface area (Å²) < 4.78 is 5.27. The topological polar surface area (TPSA) is 58.4 Å². The van der Waals surface area contributed by atoms with E-state index in [2.05, 4.69) is 10.5 Å². The Morgan fingerprint density at radius 2 is 2.14 bits per heavy atom. The Morgan fingerprint density at radius 1 is 1.32 bits per heavy atom. The van der Waals surface area contributed by atoms with Crippen molar-refractivity contribution in [3.05, 3.63) is 66.1 Å². The van der Waals surface area contributed by atoms with Gasteiger partial charge < -0.3 is 9.84 Å². The molecule has 1 aliphatic rings. The van der Waals surface area contributed by atoms with E-state index in [0.717, 1.165) is 11.3 Å². The maximum absolute atomic E-state index is 12.0. The van der Waals surface area contributed by atoms with E-state index in [1.807, 2.05) is 55.5 Å². The number of urea groups is 1. The molecule has 3 rings (SSSR count). The molecule has 1 N–H and O–H groups in total. The van der Waals surface area contributed by atoms with E-state index in [1.54, 1.807) is 11.1 Å². The van der Waals surface area contributed by atoms with E-state index < -0.39 is 0 Å². The fraction of sp³-hybridized carbons (Fsp3) is 0.176. The van der Waals surface area contributed by atoms with Crippen LogP contribution in [0.25, 0.3) is 11.3 Å². The van der Waals surface area contributed by atoms with Crippen molar-refractivity contribution in [3.8, 4) is 11.3 Å². The van der Waals surface area contributed by atoms with Gasteiger partial charge in [0.15, 0.2) is 5.76 Å². The average Bonchev–Trinajstić information content (AvgIpc) is 3.03. The zero-order valence-corrected chi connectivity index (χ0v) is 12.3. The molecule has 22 heavy (non-hydrogen) atoms. The summed E-state index contributed by atoms with van der Waals surface area (Å²) >= 11 is 0. The summed E-state index contributed by atoms with van der Waals surface area (Å²) in [5.74, 6) is 0.625. The number of carbonyl (C=O) groups excluding carboxylic acids is 1. The number of hydrogen-bond donors (Lipinski definition) is 1. The fourth-order valence-corrected chi connectivity index (χ4v) is 2.14. The summed E-state index contributed by atoms with van der Waals surface area (Å²) in [4.78, 5) is 13.5. The minimum atomic E-state index is -0.158. The van der Waals surface area contributed by atoms with Crippen molar-refractivity contribution in [1.82, 2.24) is 15.4 Å². The Bertz CT molecular complexity index is 714. The average molecular weight is 295 g/mol. The van der Waals surface area contributed by atoms with Gasteiger partial charge in [-0.2, -0.15) is 0 Å². The lowest BCUT2D eigenvalue weighted by molar-refractivity contribution is 0.216. The Balaban J connectivity index is 1.60. The third kappa shape index (κ3) is 3.25. The standard InChI is InChI=1S/C17H17N3O2/c1-13-5-7-14(8-6-13)16-11-15(22-19-16)12-18-17(21)20-9-3-2-4-10-20/h2-9,11H,10,12H2,1H3,(H,18,21). The molecule has 0 spiro atoms. The molecule has 0 saturated carbocycles. The van der Waals surface area contributed by atoms with Crippen LogP contribution in [-0.4, -0.2) is 22.6 Å². The zero-order chi connectivity index (χ0) is 15.4. The Hall–Kier alpha value is -2.82. The molecular formula is C17H17N3O2. The number of benzene rings is 1. The van der Waals surface area contributed by atoms with Crippen molar-refractivity contribution in [2.24, 2.45) is 0 Å². The summed E-state index contributed by atoms with van der Waals surface area (Å²) in [7, 11) is 0. The molecule has 2 amide bonds. The van der Waals surface area contributed by atoms with Crippen LogP contribution in [-0.2, 0) is 6.54 Å². The van der Waals surface area contributed by atoms with Gasteiger partial charge in [-0.25, -0.2) is 4.79 Å². The van der Waals surface area contributed by atoms with Crippen LogP contribution in [0.4, 0.5) is 4.79 Å². The number of allylic oxidation sites excluding steroid dienone is 2. The molecule has 2 aromatic rings. The summed E-state index contributed by atoms with van der Waals surface area (Å²) in [6.07, 6.45) is 7.40. The van der Waals surface area contributed by atoms with E-state index in [1.165, 1.54) is 5.56 Å². The first kappa shape index (κ1) is 14.1. The number of nitrogens with one attached hydrogen (secondary N) is 1. The molecule has 0 atom stereocenters. The number of aryl methyl sites for hydroxylation is 1. The smallest absolute Gasteiger partial charge is 0.322 e. The van der Waals surface area contributed by atoms with Gasteiger partial charge >= 0.3 is 6.03 Å². The van der Waals surface area contributed by atoms with Gasteiger partial charge in [0, 0.05) is 24.4 Å². The van der Waals surface area contributed by atoms with Crippen LogP contribution in [0.2, 0.25) is 0 Å². The highest BCUT2D eigenvalue weighted by Crippen LogP contribution is 2.19. The van der Waals surface area contributed by atoms with Gasteiger partial charge in [0.2, 0.25) is 0 Å². The van der Waals surface area contributed by atoms with Crippen LogP contribution in [0, 0.1) is 6.92 Å². The van der Waals surface area contributed by atoms with Gasteiger partial charge in [0.1, 0.15) is 5.69 Å². The Kier molecular flexibility index (Phi) is 4.05. The van der Waals surface area contributed by atoms with Gasteiger partial charge in [0.05, 0.1) is 6.54 Å². The first-order valence-electron chi connectivity index (χ1n) is 7.13. The van der Waals surface area contributed by atoms with Crippen molar-refractivity contribution < 1.29 is 9.32 Å². The number of aromatic nitrogens is 1. The van der Waals surface area contributed by atoms with Gasteiger partial charge in [-0.3, -0.25) is 4.90 Å². The van der Waals surface area contributed by atoms with Crippen molar-refractivity contribution in [1.29, 1.82) is 0 Å². The van der Waals surface area contributed by atoms with E-state index in [4.69, 9.17) is 4.52 Å². The van der Waals surface area contributed by atoms with Crippen LogP contribution < -0.4 is 5.32 Å². The van der Waals surface area contributed by atoms with Gasteiger partial charge in [-0.05, 0) is 13.0 Å². The molecule has 0 saturated heterocycles. The molecule has 0 fully saturated rings. The lowest BCUT2D eigenvalue weighted by atomic mass is 10.1. The predicted octanol–water partition coefficient (Wildman–Crippen LogP) is 3.25. The number of nitrogens with zero attached hydrogens (tertiary/aromatic N) is 2. The number of rotatable bonds is 3. The van der Waals surface area contributed by atoms with Crippen LogP contribution in [0.1, 0.15) is 11.3 Å². The first-order chi connectivity index (χ1) is 10.7. The number of amides is 2. The molecule has 1 aromatic heterocycles. The van der Waals surface area contributed by atoms with Gasteiger partial charge in [0.25, 0.3) is 0 Å². The van der Waals surface area contributed by atoms with E-state index >= 15 is 0 Å². The molecule has 5 heteroatoms. The lowest BCUT2D eigenvalue weighted by Gasteiger charge is -2.18. The predicted molar refractivity (Wildman–Crippen MR) is 83.9 cm³/mol. The summed E-state index contributed by atoms with van der Waals surface area (Å²) in [5.41, 5.74) is 2.96. The van der Waals surface area contributed by atoms with Crippen molar-refractivity contribution in [2.45, 2.75) is 13.5 Å². The molecule has 0 radical (unpaired) electrons. The Morgan fingerprint density at radius 3 is 2.86 bits per heavy atom. The van der Waals surface area contributed by atoms with Crippen LogP contribution in [0.3, 0.4) is 0 Å². The first-order valence-corrected chi connectivity index (χ1v) is 7.13. The Labute approximate surface area is 128 Å². The monoisotopic (exact) mass is 295 g/mol. The SMILES string of the molecule is Cc1ccc(-c2cc(CNC(=O)N3C=CC=CC3)on2)cc1. The molecule has 1 aromatic carbocycles. The summed E-state index contributed by atoms with van der Waals surface area (Å²) in [5, 5.41) is 6.85.